The lowest BCUT2D eigenvalue weighted by Gasteiger charge is -2.32. The standard InChI is InChI=1S/C14H21BN2O4/c1-13(2)14(3,4)21-15(20-13)10-7-8-11(16(5)6)12(9-10)17(18)19/h7-9H,1-6H3. The highest BCUT2D eigenvalue weighted by Gasteiger charge is 2.52. The minimum Gasteiger partial charge on any atom is -0.399 e. The van der Waals surface area contributed by atoms with Crippen molar-refractivity contribution in [3.05, 3.63) is 28.3 Å². The second-order valence-electron chi connectivity index (χ2n) is 6.49. The van der Waals surface area contributed by atoms with Gasteiger partial charge >= 0.3 is 7.12 Å². The van der Waals surface area contributed by atoms with E-state index in [2.05, 4.69) is 0 Å². The van der Waals surface area contributed by atoms with Crippen molar-refractivity contribution in [2.45, 2.75) is 38.9 Å². The van der Waals surface area contributed by atoms with E-state index in [0.717, 1.165) is 0 Å². The molecule has 0 saturated carbocycles. The third-order valence-electron chi connectivity index (χ3n) is 4.20. The largest absolute Gasteiger partial charge is 0.495 e. The summed E-state index contributed by atoms with van der Waals surface area (Å²) in [4.78, 5) is 12.6. The number of rotatable bonds is 3. The van der Waals surface area contributed by atoms with Crippen molar-refractivity contribution in [2.24, 2.45) is 0 Å². The normalized spacial score (nSPS) is 19.6. The lowest BCUT2D eigenvalue weighted by Crippen LogP contribution is -2.41. The average Bonchev–Trinajstić information content (AvgIpc) is 2.57. The summed E-state index contributed by atoms with van der Waals surface area (Å²) < 4.78 is 11.9. The SMILES string of the molecule is CN(C)c1ccc(B2OC(C)(C)C(C)(C)O2)cc1[N+](=O)[O-]. The van der Waals surface area contributed by atoms with Crippen molar-refractivity contribution in [2.75, 3.05) is 19.0 Å². The Morgan fingerprint density at radius 2 is 1.67 bits per heavy atom. The van der Waals surface area contributed by atoms with Crippen LogP contribution in [0.2, 0.25) is 0 Å². The van der Waals surface area contributed by atoms with Crippen LogP contribution < -0.4 is 10.4 Å². The van der Waals surface area contributed by atoms with Crippen molar-refractivity contribution in [1.29, 1.82) is 0 Å². The molecule has 0 N–H and O–H groups in total. The van der Waals surface area contributed by atoms with E-state index in [0.29, 0.717) is 11.2 Å². The molecule has 114 valence electrons. The molecule has 7 heteroatoms. The van der Waals surface area contributed by atoms with Crippen LogP contribution in [0.4, 0.5) is 11.4 Å². The van der Waals surface area contributed by atoms with Gasteiger partial charge in [-0.15, -0.1) is 0 Å². The Balaban J connectivity index is 2.39. The summed E-state index contributed by atoms with van der Waals surface area (Å²) in [6.45, 7) is 7.82. The molecule has 1 fully saturated rings. The van der Waals surface area contributed by atoms with Crippen LogP contribution in [0, 0.1) is 10.1 Å². The lowest BCUT2D eigenvalue weighted by atomic mass is 9.78. The van der Waals surface area contributed by atoms with Gasteiger partial charge in [-0.05, 0) is 39.2 Å². The van der Waals surface area contributed by atoms with Gasteiger partial charge < -0.3 is 14.2 Å². The van der Waals surface area contributed by atoms with Crippen LogP contribution in [-0.4, -0.2) is 37.3 Å². The first-order valence-corrected chi connectivity index (χ1v) is 6.86. The monoisotopic (exact) mass is 292 g/mol. The second kappa shape index (κ2) is 5.00. The minimum absolute atomic E-state index is 0.0483. The van der Waals surface area contributed by atoms with E-state index >= 15 is 0 Å². The van der Waals surface area contributed by atoms with E-state index < -0.39 is 18.3 Å². The van der Waals surface area contributed by atoms with Gasteiger partial charge in [-0.25, -0.2) is 0 Å². The Morgan fingerprint density at radius 3 is 2.10 bits per heavy atom. The van der Waals surface area contributed by atoms with Crippen molar-refractivity contribution >= 4 is 24.0 Å². The third-order valence-corrected chi connectivity index (χ3v) is 4.20. The van der Waals surface area contributed by atoms with Crippen LogP contribution in [0.1, 0.15) is 27.7 Å². The van der Waals surface area contributed by atoms with E-state index in [1.165, 1.54) is 6.07 Å². The maximum atomic E-state index is 11.2. The molecule has 2 rings (SSSR count). The first-order chi connectivity index (χ1) is 9.55. The number of nitrogens with zero attached hydrogens (tertiary/aromatic N) is 2. The summed E-state index contributed by atoms with van der Waals surface area (Å²) >= 11 is 0. The molecule has 1 aromatic carbocycles. The van der Waals surface area contributed by atoms with Crippen molar-refractivity contribution in [3.63, 3.8) is 0 Å². The topological polar surface area (TPSA) is 64.8 Å². The van der Waals surface area contributed by atoms with Gasteiger partial charge in [0.15, 0.2) is 0 Å². The summed E-state index contributed by atoms with van der Waals surface area (Å²) in [5, 5.41) is 11.2. The molecule has 1 aliphatic rings. The van der Waals surface area contributed by atoms with Crippen LogP contribution in [0.25, 0.3) is 0 Å². The molecule has 6 nitrogen and oxygen atoms in total. The lowest BCUT2D eigenvalue weighted by molar-refractivity contribution is -0.384. The van der Waals surface area contributed by atoms with Gasteiger partial charge in [0.2, 0.25) is 0 Å². The molecular weight excluding hydrogens is 271 g/mol. The highest BCUT2D eigenvalue weighted by molar-refractivity contribution is 6.62. The molecule has 0 atom stereocenters. The van der Waals surface area contributed by atoms with Crippen LogP contribution in [-0.2, 0) is 9.31 Å². The van der Waals surface area contributed by atoms with E-state index in [1.54, 1.807) is 25.1 Å². The highest BCUT2D eigenvalue weighted by atomic mass is 16.7. The first-order valence-electron chi connectivity index (χ1n) is 6.86. The summed E-state index contributed by atoms with van der Waals surface area (Å²) in [6, 6.07) is 5.06. The Bertz CT molecular complexity index is 556. The van der Waals surface area contributed by atoms with E-state index in [1.807, 2.05) is 33.8 Å². The van der Waals surface area contributed by atoms with E-state index in [9.17, 15) is 10.1 Å². The maximum absolute atomic E-state index is 11.2. The molecule has 0 amide bonds. The predicted octanol–water partition coefficient (Wildman–Crippen LogP) is 1.96. The Morgan fingerprint density at radius 1 is 1.14 bits per heavy atom. The zero-order valence-electron chi connectivity index (χ0n) is 13.3. The van der Waals surface area contributed by atoms with Crippen LogP contribution >= 0.6 is 0 Å². The number of anilines is 1. The summed E-state index contributed by atoms with van der Waals surface area (Å²) in [7, 11) is 2.96. The van der Waals surface area contributed by atoms with Crippen LogP contribution in [0.3, 0.4) is 0 Å². The molecule has 1 aromatic rings. The molecule has 0 unspecified atom stereocenters. The molecule has 0 bridgehead atoms. The molecule has 0 aromatic heterocycles. The van der Waals surface area contributed by atoms with Gasteiger partial charge in [0.25, 0.3) is 5.69 Å². The Kier molecular flexibility index (Phi) is 3.76. The summed E-state index contributed by atoms with van der Waals surface area (Å²) in [5.41, 5.74) is 0.331. The molecule has 21 heavy (non-hydrogen) atoms. The van der Waals surface area contributed by atoms with Gasteiger partial charge in [0.05, 0.1) is 16.1 Å². The maximum Gasteiger partial charge on any atom is 0.495 e. The molecule has 1 heterocycles. The number of hydrogen-bond donors (Lipinski definition) is 0. The van der Waals surface area contributed by atoms with E-state index in [4.69, 9.17) is 9.31 Å². The molecule has 0 aliphatic carbocycles. The molecule has 0 spiro atoms. The van der Waals surface area contributed by atoms with E-state index in [-0.39, 0.29) is 10.6 Å². The number of nitro benzene ring substituents is 1. The van der Waals surface area contributed by atoms with Gasteiger partial charge in [-0.1, -0.05) is 6.07 Å². The first kappa shape index (κ1) is 15.8. The second-order valence-corrected chi connectivity index (χ2v) is 6.49. The number of hydrogen-bond acceptors (Lipinski definition) is 5. The van der Waals surface area contributed by atoms with Crippen LogP contribution in [0.5, 0.6) is 0 Å². The Hall–Kier alpha value is -1.60. The van der Waals surface area contributed by atoms with Crippen LogP contribution in [0.15, 0.2) is 18.2 Å². The van der Waals surface area contributed by atoms with Crippen molar-refractivity contribution in [3.8, 4) is 0 Å². The van der Waals surface area contributed by atoms with Gasteiger partial charge in [0, 0.05) is 20.2 Å². The minimum atomic E-state index is -0.593. The predicted molar refractivity (Wildman–Crippen MR) is 83.1 cm³/mol. The highest BCUT2D eigenvalue weighted by Crippen LogP contribution is 2.37. The van der Waals surface area contributed by atoms with Gasteiger partial charge in [0.1, 0.15) is 5.69 Å². The fraction of sp³-hybridized carbons (Fsp3) is 0.571. The van der Waals surface area contributed by atoms with Gasteiger partial charge in [-0.2, -0.15) is 0 Å². The zero-order valence-corrected chi connectivity index (χ0v) is 13.3. The van der Waals surface area contributed by atoms with Crippen molar-refractivity contribution < 1.29 is 14.2 Å². The molecule has 1 aliphatic heterocycles. The number of nitro groups is 1. The molecular formula is C14H21BN2O4. The number of benzene rings is 1. The van der Waals surface area contributed by atoms with Gasteiger partial charge in [-0.3, -0.25) is 10.1 Å². The van der Waals surface area contributed by atoms with Crippen molar-refractivity contribution in [1.82, 2.24) is 0 Å². The summed E-state index contributed by atoms with van der Waals surface area (Å²) in [6.07, 6.45) is 0. The fourth-order valence-electron chi connectivity index (χ4n) is 2.19. The molecule has 0 radical (unpaired) electrons. The fourth-order valence-corrected chi connectivity index (χ4v) is 2.19. The quantitative estimate of drug-likeness (QED) is 0.484. The molecule has 1 saturated heterocycles. The smallest absolute Gasteiger partial charge is 0.399 e. The zero-order chi connectivity index (χ0) is 16.0. The third kappa shape index (κ3) is 2.75. The Labute approximate surface area is 125 Å². The summed E-state index contributed by atoms with van der Waals surface area (Å²) in [5.74, 6) is 0. The average molecular weight is 292 g/mol.